The predicted molar refractivity (Wildman–Crippen MR) is 36.1 cm³/mol. The maximum atomic E-state index is 10.2. The van der Waals surface area contributed by atoms with E-state index < -0.39 is 0 Å². The first kappa shape index (κ1) is 8.47. The molecule has 0 bridgehead atoms. The highest BCUT2D eigenvalue weighted by atomic mass is 16.5. The molecule has 1 rings (SSSR count). The zero-order valence-electron chi connectivity index (χ0n) is 6.31. The van der Waals surface area contributed by atoms with Gasteiger partial charge in [-0.05, 0) is 13.3 Å². The monoisotopic (exact) mass is 130 g/mol. The summed E-state index contributed by atoms with van der Waals surface area (Å²) in [6, 6.07) is 0. The summed E-state index contributed by atoms with van der Waals surface area (Å²) < 4.78 is 4.72. The summed E-state index contributed by atoms with van der Waals surface area (Å²) in [7, 11) is 0. The molecule has 0 aliphatic carbocycles. The van der Waals surface area contributed by atoms with E-state index in [1.807, 2.05) is 20.8 Å². The molecule has 1 fully saturated rings. The first-order valence-corrected chi connectivity index (χ1v) is 3.48. The van der Waals surface area contributed by atoms with E-state index in [1.54, 1.807) is 0 Å². The van der Waals surface area contributed by atoms with E-state index in [0.29, 0.717) is 6.42 Å². The molecule has 0 N–H and O–H groups in total. The van der Waals surface area contributed by atoms with Gasteiger partial charge in [0.05, 0.1) is 6.10 Å². The summed E-state index contributed by atoms with van der Waals surface area (Å²) in [4.78, 5) is 10.2. The Morgan fingerprint density at radius 1 is 1.56 bits per heavy atom. The molecular weight excluding hydrogens is 116 g/mol. The Bertz CT molecular complexity index is 88.9. The van der Waals surface area contributed by atoms with Crippen molar-refractivity contribution in [3.63, 3.8) is 0 Å². The Labute approximate surface area is 56.2 Å². The second-order valence-corrected chi connectivity index (χ2v) is 1.84. The van der Waals surface area contributed by atoms with Crippen LogP contribution in [0.5, 0.6) is 0 Å². The lowest BCUT2D eigenvalue weighted by Crippen LogP contribution is -1.98. The van der Waals surface area contributed by atoms with Crippen LogP contribution in [0.15, 0.2) is 0 Å². The van der Waals surface area contributed by atoms with Gasteiger partial charge in [-0.3, -0.25) is 4.79 Å². The lowest BCUT2D eigenvalue weighted by molar-refractivity contribution is -0.140. The van der Waals surface area contributed by atoms with Crippen LogP contribution in [0.25, 0.3) is 0 Å². The average Bonchev–Trinajstić information content (AvgIpc) is 2.20. The highest BCUT2D eigenvalue weighted by Crippen LogP contribution is 2.11. The van der Waals surface area contributed by atoms with Crippen molar-refractivity contribution in [1.29, 1.82) is 0 Å². The van der Waals surface area contributed by atoms with Gasteiger partial charge < -0.3 is 4.74 Å². The number of cyclic esters (lactones) is 1. The van der Waals surface area contributed by atoms with Gasteiger partial charge in [-0.2, -0.15) is 0 Å². The number of ether oxygens (including phenoxy) is 1. The van der Waals surface area contributed by atoms with Crippen LogP contribution in [-0.4, -0.2) is 12.1 Å². The van der Waals surface area contributed by atoms with Crippen LogP contribution < -0.4 is 0 Å². The lowest BCUT2D eigenvalue weighted by atomic mass is 10.3. The molecule has 0 radical (unpaired) electrons. The third-order valence-corrected chi connectivity index (χ3v) is 1.09. The molecule has 2 heteroatoms. The van der Waals surface area contributed by atoms with E-state index in [1.165, 1.54) is 0 Å². The van der Waals surface area contributed by atoms with Crippen molar-refractivity contribution in [2.24, 2.45) is 0 Å². The predicted octanol–water partition coefficient (Wildman–Crippen LogP) is 1.74. The molecule has 0 amide bonds. The van der Waals surface area contributed by atoms with Crippen LogP contribution in [0.2, 0.25) is 0 Å². The van der Waals surface area contributed by atoms with Gasteiger partial charge in [0.1, 0.15) is 0 Å². The van der Waals surface area contributed by atoms with Crippen molar-refractivity contribution in [1.82, 2.24) is 0 Å². The van der Waals surface area contributed by atoms with Crippen molar-refractivity contribution < 1.29 is 9.53 Å². The minimum Gasteiger partial charge on any atom is -0.463 e. The minimum atomic E-state index is -0.0486. The first-order chi connectivity index (χ1) is 4.29. The standard InChI is InChI=1S/C5H8O2.C2H6/c1-4-2-3-5(6)7-4;1-2/h4H,2-3H2,1H3;1-2H3. The number of hydrogen-bond acceptors (Lipinski definition) is 2. The SMILES string of the molecule is CC.CC1CCC(=O)O1. The Balaban J connectivity index is 0.000000291. The molecule has 1 atom stereocenters. The van der Waals surface area contributed by atoms with E-state index in [-0.39, 0.29) is 12.1 Å². The number of carbonyl (C=O) groups excluding carboxylic acids is 1. The maximum absolute atomic E-state index is 10.2. The van der Waals surface area contributed by atoms with Crippen molar-refractivity contribution in [2.45, 2.75) is 39.7 Å². The topological polar surface area (TPSA) is 26.3 Å². The van der Waals surface area contributed by atoms with Gasteiger partial charge in [0.15, 0.2) is 0 Å². The summed E-state index contributed by atoms with van der Waals surface area (Å²) >= 11 is 0. The van der Waals surface area contributed by atoms with Crippen LogP contribution in [0, 0.1) is 0 Å². The van der Waals surface area contributed by atoms with Crippen LogP contribution in [-0.2, 0) is 9.53 Å². The van der Waals surface area contributed by atoms with Gasteiger partial charge in [0.25, 0.3) is 0 Å². The molecule has 1 unspecified atom stereocenters. The summed E-state index contributed by atoms with van der Waals surface area (Å²) in [5.41, 5.74) is 0. The van der Waals surface area contributed by atoms with E-state index in [4.69, 9.17) is 4.74 Å². The van der Waals surface area contributed by atoms with Crippen molar-refractivity contribution in [2.75, 3.05) is 0 Å². The fraction of sp³-hybridized carbons (Fsp3) is 0.857. The molecule has 0 spiro atoms. The molecule has 1 saturated heterocycles. The van der Waals surface area contributed by atoms with Crippen LogP contribution in [0.4, 0.5) is 0 Å². The molecule has 1 heterocycles. The Hall–Kier alpha value is -0.530. The molecule has 2 nitrogen and oxygen atoms in total. The van der Waals surface area contributed by atoms with Crippen LogP contribution >= 0.6 is 0 Å². The van der Waals surface area contributed by atoms with Gasteiger partial charge in [-0.15, -0.1) is 0 Å². The van der Waals surface area contributed by atoms with Crippen molar-refractivity contribution >= 4 is 5.97 Å². The molecule has 1 aliphatic rings. The number of carbonyl (C=O) groups is 1. The van der Waals surface area contributed by atoms with Gasteiger partial charge >= 0.3 is 5.97 Å². The lowest BCUT2D eigenvalue weighted by Gasteiger charge is -1.95. The largest absolute Gasteiger partial charge is 0.463 e. The zero-order valence-corrected chi connectivity index (χ0v) is 6.31. The summed E-state index contributed by atoms with van der Waals surface area (Å²) in [5, 5.41) is 0. The smallest absolute Gasteiger partial charge is 0.306 e. The van der Waals surface area contributed by atoms with Gasteiger partial charge in [-0.1, -0.05) is 13.8 Å². The molecular formula is C7H14O2. The van der Waals surface area contributed by atoms with E-state index in [0.717, 1.165) is 6.42 Å². The number of rotatable bonds is 0. The Kier molecular flexibility index (Phi) is 4.10. The van der Waals surface area contributed by atoms with E-state index >= 15 is 0 Å². The van der Waals surface area contributed by atoms with Gasteiger partial charge in [0.2, 0.25) is 0 Å². The summed E-state index contributed by atoms with van der Waals surface area (Å²) in [5.74, 6) is -0.0486. The van der Waals surface area contributed by atoms with Gasteiger partial charge in [0, 0.05) is 6.42 Å². The fourth-order valence-electron chi connectivity index (χ4n) is 0.663. The zero-order chi connectivity index (χ0) is 7.28. The van der Waals surface area contributed by atoms with Crippen LogP contribution in [0.3, 0.4) is 0 Å². The quantitative estimate of drug-likeness (QED) is 0.467. The molecule has 0 aromatic carbocycles. The molecule has 54 valence electrons. The van der Waals surface area contributed by atoms with E-state index in [9.17, 15) is 4.79 Å². The normalized spacial score (nSPS) is 24.3. The third-order valence-electron chi connectivity index (χ3n) is 1.09. The highest BCUT2D eigenvalue weighted by molar-refractivity contribution is 5.71. The second-order valence-electron chi connectivity index (χ2n) is 1.84. The third kappa shape index (κ3) is 3.12. The molecule has 1 aliphatic heterocycles. The molecule has 0 saturated carbocycles. The molecule has 9 heavy (non-hydrogen) atoms. The average molecular weight is 130 g/mol. The first-order valence-electron chi connectivity index (χ1n) is 3.48. The Morgan fingerprint density at radius 3 is 2.22 bits per heavy atom. The molecule has 0 aromatic rings. The summed E-state index contributed by atoms with van der Waals surface area (Å²) in [6.45, 7) is 5.91. The number of esters is 1. The van der Waals surface area contributed by atoms with Crippen molar-refractivity contribution in [3.05, 3.63) is 0 Å². The molecule has 0 aromatic heterocycles. The maximum Gasteiger partial charge on any atom is 0.306 e. The van der Waals surface area contributed by atoms with Crippen molar-refractivity contribution in [3.8, 4) is 0 Å². The van der Waals surface area contributed by atoms with Gasteiger partial charge in [-0.25, -0.2) is 0 Å². The summed E-state index contributed by atoms with van der Waals surface area (Å²) in [6.07, 6.45) is 1.69. The second kappa shape index (κ2) is 4.36. The number of hydrogen-bond donors (Lipinski definition) is 0. The fourth-order valence-corrected chi connectivity index (χ4v) is 0.663. The highest BCUT2D eigenvalue weighted by Gasteiger charge is 2.17. The Morgan fingerprint density at radius 2 is 2.11 bits per heavy atom. The van der Waals surface area contributed by atoms with Crippen LogP contribution in [0.1, 0.15) is 33.6 Å². The van der Waals surface area contributed by atoms with E-state index in [2.05, 4.69) is 0 Å². The minimum absolute atomic E-state index is 0.0486.